The number of hydrogen-bond donors (Lipinski definition) is 0. The number of halogens is 3. The van der Waals surface area contributed by atoms with Crippen molar-refractivity contribution in [3.8, 4) is 11.5 Å². The second kappa shape index (κ2) is 12.9. The molecule has 1 heterocycles. The van der Waals surface area contributed by atoms with Crippen LogP contribution >= 0.6 is 11.6 Å². The lowest BCUT2D eigenvalue weighted by Gasteiger charge is -2.36. The monoisotopic (exact) mass is 566 g/mol. The van der Waals surface area contributed by atoms with E-state index < -0.39 is 16.6 Å². The number of hydrogen-bond acceptors (Lipinski definition) is 6. The Morgan fingerprint density at radius 3 is 2.34 bits per heavy atom. The first-order valence-corrected chi connectivity index (χ1v) is 13.8. The zero-order valence-corrected chi connectivity index (χ0v) is 22.4. The van der Waals surface area contributed by atoms with E-state index in [9.17, 15) is 17.2 Å². The molecule has 0 N–H and O–H groups in total. The Balaban J connectivity index is 1.43. The average molecular weight is 567 g/mol. The third-order valence-corrected chi connectivity index (χ3v) is 8.36. The molecule has 0 unspecified atom stereocenters. The Kier molecular flexibility index (Phi) is 9.56. The minimum Gasteiger partial charge on any atom is -0.497 e. The van der Waals surface area contributed by atoms with Crippen LogP contribution in [0.2, 0.25) is 5.02 Å². The second-order valence-corrected chi connectivity index (χ2v) is 11.1. The molecule has 11 heteroatoms. The van der Waals surface area contributed by atoms with Crippen LogP contribution < -0.4 is 9.47 Å². The van der Waals surface area contributed by atoms with Crippen molar-refractivity contribution >= 4 is 21.6 Å². The normalized spacial score (nSPS) is 15.9. The van der Waals surface area contributed by atoms with Gasteiger partial charge in [0, 0.05) is 43.8 Å². The maximum Gasteiger partial charge on any atom is 0.387 e. The van der Waals surface area contributed by atoms with E-state index in [0.717, 1.165) is 17.2 Å². The van der Waals surface area contributed by atoms with Crippen molar-refractivity contribution in [2.24, 2.45) is 0 Å². The first-order valence-electron chi connectivity index (χ1n) is 12.0. The Morgan fingerprint density at radius 1 is 0.921 bits per heavy atom. The number of sulfonamides is 1. The van der Waals surface area contributed by atoms with Gasteiger partial charge in [0.1, 0.15) is 11.5 Å². The average Bonchev–Trinajstić information content (AvgIpc) is 2.91. The number of benzene rings is 3. The highest BCUT2D eigenvalue weighted by molar-refractivity contribution is 7.89. The molecule has 3 aromatic rings. The van der Waals surface area contributed by atoms with Gasteiger partial charge in [0.05, 0.1) is 24.7 Å². The van der Waals surface area contributed by atoms with Crippen LogP contribution in [0.4, 0.5) is 8.78 Å². The summed E-state index contributed by atoms with van der Waals surface area (Å²) < 4.78 is 68.9. The van der Waals surface area contributed by atoms with Gasteiger partial charge in [-0.25, -0.2) is 8.42 Å². The fourth-order valence-corrected chi connectivity index (χ4v) is 5.94. The summed E-state index contributed by atoms with van der Waals surface area (Å²) in [5.74, 6) is 0.519. The van der Waals surface area contributed by atoms with Crippen molar-refractivity contribution in [2.75, 3.05) is 39.8 Å². The maximum atomic E-state index is 13.1. The van der Waals surface area contributed by atoms with Gasteiger partial charge in [-0.3, -0.25) is 4.90 Å². The Hall–Kier alpha value is -2.76. The third-order valence-electron chi connectivity index (χ3n) is 6.23. The molecule has 1 aliphatic rings. The van der Waals surface area contributed by atoms with E-state index >= 15 is 0 Å². The van der Waals surface area contributed by atoms with Crippen molar-refractivity contribution in [1.29, 1.82) is 0 Å². The molecule has 1 fully saturated rings. The van der Waals surface area contributed by atoms with Gasteiger partial charge in [-0.2, -0.15) is 13.1 Å². The molecule has 0 aliphatic carbocycles. The molecule has 1 saturated heterocycles. The molecule has 7 nitrogen and oxygen atoms in total. The number of alkyl halides is 2. The summed E-state index contributed by atoms with van der Waals surface area (Å²) in [5.41, 5.74) is 1.89. The number of ether oxygens (including phenoxy) is 3. The van der Waals surface area contributed by atoms with E-state index in [4.69, 9.17) is 21.1 Å². The fraction of sp³-hybridized carbons (Fsp3) is 0.333. The van der Waals surface area contributed by atoms with Crippen molar-refractivity contribution in [2.45, 2.75) is 24.2 Å². The highest BCUT2D eigenvalue weighted by Gasteiger charge is 2.30. The molecule has 1 atom stereocenters. The summed E-state index contributed by atoms with van der Waals surface area (Å²) in [4.78, 5) is 2.06. The minimum absolute atomic E-state index is 0.0804. The third kappa shape index (κ3) is 7.42. The molecule has 204 valence electrons. The number of methoxy groups -OCH3 is 1. The van der Waals surface area contributed by atoms with Crippen molar-refractivity contribution < 1.29 is 31.4 Å². The van der Waals surface area contributed by atoms with Crippen LogP contribution in [0.15, 0.2) is 77.7 Å². The van der Waals surface area contributed by atoms with Crippen molar-refractivity contribution in [3.05, 3.63) is 88.9 Å². The number of nitrogens with zero attached hydrogens (tertiary/aromatic N) is 2. The highest BCUT2D eigenvalue weighted by atomic mass is 35.5. The van der Waals surface area contributed by atoms with Gasteiger partial charge in [0.25, 0.3) is 0 Å². The van der Waals surface area contributed by atoms with Crippen molar-refractivity contribution in [1.82, 2.24) is 9.21 Å². The van der Waals surface area contributed by atoms with Gasteiger partial charge in [-0.15, -0.1) is 0 Å². The van der Waals surface area contributed by atoms with Gasteiger partial charge in [-0.05, 0) is 47.5 Å². The van der Waals surface area contributed by atoms with Gasteiger partial charge in [-0.1, -0.05) is 41.9 Å². The summed E-state index contributed by atoms with van der Waals surface area (Å²) in [5, 5.41) is 0.632. The molecule has 4 rings (SSSR count). The Labute approximate surface area is 226 Å². The first-order chi connectivity index (χ1) is 18.2. The Bertz CT molecular complexity index is 1320. The summed E-state index contributed by atoms with van der Waals surface area (Å²) in [6.07, 6.45) is -0.296. The van der Waals surface area contributed by atoms with Crippen LogP contribution in [0, 0.1) is 0 Å². The summed E-state index contributed by atoms with van der Waals surface area (Å²) in [7, 11) is -2.26. The molecule has 1 aliphatic heterocycles. The molecule has 3 aromatic carbocycles. The maximum absolute atomic E-state index is 13.1. The molecule has 0 amide bonds. The molecule has 0 spiro atoms. The standard InChI is InChI=1S/C27H29ClF2N2O5S/c1-35-23-8-3-6-21(16-23)26(36-19-20-5-2-7-22(28)15-20)18-31-11-13-32(14-12-31)38(33,34)25-10-4-9-24(17-25)37-27(29)30/h2-10,15-17,26-27H,11-14,18-19H2,1H3/t26-/m1/s1. The first kappa shape index (κ1) is 28.3. The van der Waals surface area contributed by atoms with E-state index in [-0.39, 0.29) is 29.8 Å². The molecular weight excluding hydrogens is 538 g/mol. The van der Waals surface area contributed by atoms with E-state index in [1.807, 2.05) is 42.5 Å². The molecule has 0 radical (unpaired) electrons. The molecule has 0 bridgehead atoms. The minimum atomic E-state index is -3.86. The summed E-state index contributed by atoms with van der Waals surface area (Å²) in [6.45, 7) is -0.674. The molecule has 0 saturated carbocycles. The summed E-state index contributed by atoms with van der Waals surface area (Å²) >= 11 is 6.12. The predicted molar refractivity (Wildman–Crippen MR) is 140 cm³/mol. The second-order valence-electron chi connectivity index (χ2n) is 8.76. The SMILES string of the molecule is COc1cccc([C@@H](CN2CCN(S(=O)(=O)c3cccc(OC(F)F)c3)CC2)OCc2cccc(Cl)c2)c1. The number of piperazine rings is 1. The quantitative estimate of drug-likeness (QED) is 0.317. The largest absolute Gasteiger partial charge is 0.497 e. The van der Waals surface area contributed by atoms with Crippen LogP contribution in [0.25, 0.3) is 0 Å². The van der Waals surface area contributed by atoms with Crippen LogP contribution in [-0.4, -0.2) is 64.1 Å². The lowest BCUT2D eigenvalue weighted by molar-refractivity contribution is -0.0500. The lowest BCUT2D eigenvalue weighted by Crippen LogP contribution is -2.49. The van der Waals surface area contributed by atoms with Gasteiger partial charge in [0.15, 0.2) is 0 Å². The molecule has 0 aromatic heterocycles. The van der Waals surface area contributed by atoms with Gasteiger partial charge < -0.3 is 14.2 Å². The van der Waals surface area contributed by atoms with E-state index in [2.05, 4.69) is 9.64 Å². The zero-order chi connectivity index (χ0) is 27.1. The van der Waals surface area contributed by atoms with Gasteiger partial charge >= 0.3 is 6.61 Å². The van der Waals surface area contributed by atoms with E-state index in [0.29, 0.717) is 37.0 Å². The summed E-state index contributed by atoms with van der Waals surface area (Å²) in [6, 6.07) is 20.3. The fourth-order valence-electron chi connectivity index (χ4n) is 4.27. The van der Waals surface area contributed by atoms with Gasteiger partial charge in [0.2, 0.25) is 10.0 Å². The molecular formula is C27H29ClF2N2O5S. The van der Waals surface area contributed by atoms with E-state index in [1.54, 1.807) is 13.2 Å². The van der Waals surface area contributed by atoms with E-state index in [1.165, 1.54) is 22.5 Å². The highest BCUT2D eigenvalue weighted by Crippen LogP contribution is 2.27. The smallest absolute Gasteiger partial charge is 0.387 e. The lowest BCUT2D eigenvalue weighted by atomic mass is 10.1. The number of rotatable bonds is 11. The Morgan fingerprint density at radius 2 is 1.63 bits per heavy atom. The van der Waals surface area contributed by atoms with Crippen molar-refractivity contribution in [3.63, 3.8) is 0 Å². The van der Waals surface area contributed by atoms with Crippen LogP contribution in [0.5, 0.6) is 11.5 Å². The van der Waals surface area contributed by atoms with Crippen LogP contribution in [0.1, 0.15) is 17.2 Å². The molecule has 38 heavy (non-hydrogen) atoms. The predicted octanol–water partition coefficient (Wildman–Crippen LogP) is 5.21. The topological polar surface area (TPSA) is 68.3 Å². The van der Waals surface area contributed by atoms with Crippen LogP contribution in [0.3, 0.4) is 0 Å². The van der Waals surface area contributed by atoms with Crippen LogP contribution in [-0.2, 0) is 21.4 Å². The zero-order valence-electron chi connectivity index (χ0n) is 20.8.